The molecule has 14 heavy (non-hydrogen) atoms. The predicted octanol–water partition coefficient (Wildman–Crippen LogP) is 3.59. The van der Waals surface area contributed by atoms with Crippen molar-refractivity contribution in [1.29, 1.82) is 0 Å². The fraction of sp³-hybridized carbons (Fsp3) is 0.100. The minimum Gasteiger partial charge on any atom is -0.478 e. The fourth-order valence-electron chi connectivity index (χ4n) is 0.914. The Labute approximate surface area is 95.3 Å². The molecule has 0 bridgehead atoms. The summed E-state index contributed by atoms with van der Waals surface area (Å²) in [4.78, 5) is 10.5. The van der Waals surface area contributed by atoms with Crippen molar-refractivity contribution >= 4 is 39.6 Å². The van der Waals surface area contributed by atoms with Crippen LogP contribution in [0.2, 0.25) is 5.02 Å². The molecule has 1 N–H and O–H groups in total. The predicted molar refractivity (Wildman–Crippen MR) is 60.4 cm³/mol. The monoisotopic (exact) mass is 274 g/mol. The smallest absolute Gasteiger partial charge is 0.331 e. The molecular weight excluding hydrogens is 267 g/mol. The van der Waals surface area contributed by atoms with Crippen LogP contribution in [0.15, 0.2) is 28.2 Å². The number of carboxylic acid groups (broad SMARTS) is 1. The van der Waals surface area contributed by atoms with Crippen molar-refractivity contribution in [2.45, 2.75) is 6.92 Å². The summed E-state index contributed by atoms with van der Waals surface area (Å²) in [6.07, 6.45) is 1.57. The van der Waals surface area contributed by atoms with Crippen molar-refractivity contribution in [3.05, 3.63) is 38.8 Å². The number of aliphatic carboxylic acids is 1. The third kappa shape index (κ3) is 2.86. The van der Waals surface area contributed by atoms with E-state index in [9.17, 15) is 4.79 Å². The van der Waals surface area contributed by atoms with Gasteiger partial charge in [0.1, 0.15) is 0 Å². The molecule has 0 saturated heterocycles. The first-order chi connectivity index (χ1) is 6.50. The normalized spacial score (nSPS) is 11.5. The lowest BCUT2D eigenvalue weighted by Crippen LogP contribution is -1.95. The lowest BCUT2D eigenvalue weighted by molar-refractivity contribution is -0.132. The summed E-state index contributed by atoms with van der Waals surface area (Å²) in [7, 11) is 0. The lowest BCUT2D eigenvalue weighted by Gasteiger charge is -1.98. The van der Waals surface area contributed by atoms with Crippen LogP contribution >= 0.6 is 27.5 Å². The summed E-state index contributed by atoms with van der Waals surface area (Å²) in [6.45, 7) is 1.54. The van der Waals surface area contributed by atoms with Crippen LogP contribution in [-0.4, -0.2) is 11.1 Å². The van der Waals surface area contributed by atoms with Gasteiger partial charge in [0, 0.05) is 10.0 Å². The zero-order valence-corrected chi connectivity index (χ0v) is 9.76. The maximum Gasteiger partial charge on any atom is 0.331 e. The van der Waals surface area contributed by atoms with Crippen LogP contribution in [0.3, 0.4) is 0 Å². The van der Waals surface area contributed by atoms with Crippen LogP contribution in [0.25, 0.3) is 6.08 Å². The standard InChI is InChI=1S/C10H8BrClO2/c1-6(10(13)14)4-7-2-3-8(11)9(12)5-7/h2-5H,1H3,(H,13,14)/b6-4-. The quantitative estimate of drug-likeness (QED) is 0.838. The number of rotatable bonds is 2. The maximum atomic E-state index is 10.5. The molecule has 0 aliphatic rings. The molecule has 2 nitrogen and oxygen atoms in total. The summed E-state index contributed by atoms with van der Waals surface area (Å²) in [5, 5.41) is 9.22. The van der Waals surface area contributed by atoms with Crippen LogP contribution < -0.4 is 0 Å². The summed E-state index contributed by atoms with van der Waals surface area (Å²) in [6, 6.07) is 5.28. The van der Waals surface area contributed by atoms with Crippen molar-refractivity contribution < 1.29 is 9.90 Å². The molecule has 1 aromatic rings. The van der Waals surface area contributed by atoms with Crippen LogP contribution in [0, 0.1) is 0 Å². The molecule has 0 atom stereocenters. The van der Waals surface area contributed by atoms with E-state index in [4.69, 9.17) is 16.7 Å². The minimum absolute atomic E-state index is 0.281. The molecule has 0 radical (unpaired) electrons. The van der Waals surface area contributed by atoms with E-state index in [1.807, 2.05) is 0 Å². The Kier molecular flexibility index (Phi) is 3.72. The van der Waals surface area contributed by atoms with E-state index in [1.54, 1.807) is 24.3 Å². The molecule has 0 heterocycles. The Balaban J connectivity index is 3.04. The van der Waals surface area contributed by atoms with Gasteiger partial charge in [-0.15, -0.1) is 0 Å². The third-order valence-electron chi connectivity index (χ3n) is 1.66. The molecule has 1 rings (SSSR count). The topological polar surface area (TPSA) is 37.3 Å². The van der Waals surface area contributed by atoms with Gasteiger partial charge in [0.2, 0.25) is 0 Å². The third-order valence-corrected chi connectivity index (χ3v) is 2.90. The van der Waals surface area contributed by atoms with Crippen LogP contribution in [0.1, 0.15) is 12.5 Å². The van der Waals surface area contributed by atoms with Gasteiger partial charge in [-0.1, -0.05) is 17.7 Å². The van der Waals surface area contributed by atoms with E-state index in [0.29, 0.717) is 5.02 Å². The molecule has 0 spiro atoms. The summed E-state index contributed by atoms with van der Waals surface area (Å²) < 4.78 is 0.796. The molecule has 0 fully saturated rings. The van der Waals surface area contributed by atoms with E-state index in [-0.39, 0.29) is 5.57 Å². The molecule has 0 aliphatic heterocycles. The molecular formula is C10H8BrClO2. The van der Waals surface area contributed by atoms with Crippen LogP contribution in [-0.2, 0) is 4.79 Å². The van der Waals surface area contributed by atoms with E-state index in [1.165, 1.54) is 6.92 Å². The molecule has 0 amide bonds. The molecule has 0 unspecified atom stereocenters. The van der Waals surface area contributed by atoms with E-state index >= 15 is 0 Å². The van der Waals surface area contributed by atoms with Crippen molar-refractivity contribution in [2.24, 2.45) is 0 Å². The first kappa shape index (κ1) is 11.3. The van der Waals surface area contributed by atoms with Gasteiger partial charge >= 0.3 is 5.97 Å². The zero-order chi connectivity index (χ0) is 10.7. The fourth-order valence-corrected chi connectivity index (χ4v) is 1.35. The van der Waals surface area contributed by atoms with Crippen molar-refractivity contribution in [2.75, 3.05) is 0 Å². The van der Waals surface area contributed by atoms with Gasteiger partial charge in [0.15, 0.2) is 0 Å². The summed E-state index contributed by atoms with van der Waals surface area (Å²) in [5.41, 5.74) is 1.06. The van der Waals surface area contributed by atoms with Gasteiger partial charge < -0.3 is 5.11 Å². The van der Waals surface area contributed by atoms with Crippen LogP contribution in [0.4, 0.5) is 0 Å². The van der Waals surface area contributed by atoms with Gasteiger partial charge in [-0.2, -0.15) is 0 Å². The summed E-state index contributed by atoms with van der Waals surface area (Å²) >= 11 is 9.11. The van der Waals surface area contributed by atoms with Gasteiger partial charge in [-0.25, -0.2) is 4.79 Å². The average molecular weight is 276 g/mol. The van der Waals surface area contributed by atoms with E-state index < -0.39 is 5.97 Å². The maximum absolute atomic E-state index is 10.5. The Hall–Kier alpha value is -0.800. The molecule has 0 saturated carbocycles. The summed E-state index contributed by atoms with van der Waals surface area (Å²) in [5.74, 6) is -0.927. The van der Waals surface area contributed by atoms with E-state index in [2.05, 4.69) is 15.9 Å². The zero-order valence-electron chi connectivity index (χ0n) is 7.42. The van der Waals surface area contributed by atoms with Gasteiger partial charge in [-0.3, -0.25) is 0 Å². The first-order valence-corrected chi connectivity index (χ1v) is 5.04. The van der Waals surface area contributed by atoms with Crippen molar-refractivity contribution in [3.8, 4) is 0 Å². The second-order valence-corrected chi connectivity index (χ2v) is 4.07. The number of hydrogen-bond donors (Lipinski definition) is 1. The number of carboxylic acids is 1. The highest BCUT2D eigenvalue weighted by Gasteiger charge is 2.01. The molecule has 4 heteroatoms. The van der Waals surface area contributed by atoms with Crippen molar-refractivity contribution in [3.63, 3.8) is 0 Å². The van der Waals surface area contributed by atoms with Gasteiger partial charge in [-0.05, 0) is 46.6 Å². The SMILES string of the molecule is C/C(=C/c1ccc(Br)c(Cl)c1)C(=O)O. The Bertz CT molecular complexity index is 399. The molecule has 0 aromatic heterocycles. The first-order valence-electron chi connectivity index (χ1n) is 3.87. The minimum atomic E-state index is -0.927. The largest absolute Gasteiger partial charge is 0.478 e. The van der Waals surface area contributed by atoms with Crippen LogP contribution in [0.5, 0.6) is 0 Å². The number of carbonyl (C=O) groups is 1. The molecule has 0 aliphatic carbocycles. The van der Waals surface area contributed by atoms with Gasteiger partial charge in [0.25, 0.3) is 0 Å². The Morgan fingerprint density at radius 3 is 2.71 bits per heavy atom. The number of benzene rings is 1. The molecule has 1 aromatic carbocycles. The van der Waals surface area contributed by atoms with E-state index in [0.717, 1.165) is 10.0 Å². The van der Waals surface area contributed by atoms with Gasteiger partial charge in [0.05, 0.1) is 5.02 Å². The Morgan fingerprint density at radius 2 is 2.21 bits per heavy atom. The highest BCUT2D eigenvalue weighted by atomic mass is 79.9. The second kappa shape index (κ2) is 4.62. The average Bonchev–Trinajstić information content (AvgIpc) is 2.11. The highest BCUT2D eigenvalue weighted by Crippen LogP contribution is 2.24. The number of hydrogen-bond acceptors (Lipinski definition) is 1. The highest BCUT2D eigenvalue weighted by molar-refractivity contribution is 9.10. The molecule has 74 valence electrons. The number of halogens is 2. The lowest BCUT2D eigenvalue weighted by atomic mass is 10.1. The second-order valence-electron chi connectivity index (χ2n) is 2.81. The Morgan fingerprint density at radius 1 is 1.57 bits per heavy atom. The van der Waals surface area contributed by atoms with Crippen molar-refractivity contribution in [1.82, 2.24) is 0 Å².